The Morgan fingerprint density at radius 3 is 2.81 bits per heavy atom. The Morgan fingerprint density at radius 1 is 1.30 bits per heavy atom. The number of aryl methyl sites for hydroxylation is 1. The Bertz CT molecular complexity index is 758. The normalized spacial score (nSPS) is 17.6. The van der Waals surface area contributed by atoms with E-state index in [4.69, 9.17) is 0 Å². The van der Waals surface area contributed by atoms with Crippen molar-refractivity contribution in [3.8, 4) is 0 Å². The molecule has 1 aromatic heterocycles. The number of carbonyl (C=O) groups is 1. The number of piperidine rings is 1. The zero-order valence-corrected chi connectivity index (χ0v) is 16.1. The molecule has 2 heterocycles. The van der Waals surface area contributed by atoms with Gasteiger partial charge in [-0.2, -0.15) is 0 Å². The largest absolute Gasteiger partial charge is 0.390 e. The molecule has 0 bridgehead atoms. The van der Waals surface area contributed by atoms with Crippen molar-refractivity contribution in [2.24, 2.45) is 0 Å². The molecule has 3 rings (SSSR count). The summed E-state index contributed by atoms with van der Waals surface area (Å²) in [7, 11) is 0. The molecule has 1 atom stereocenters. The number of amides is 1. The highest BCUT2D eigenvalue weighted by atomic mass is 16.3. The second-order valence-electron chi connectivity index (χ2n) is 7.82. The van der Waals surface area contributed by atoms with Crippen LogP contribution in [0.15, 0.2) is 42.7 Å². The summed E-state index contributed by atoms with van der Waals surface area (Å²) in [6.07, 6.45) is 6.83. The van der Waals surface area contributed by atoms with Crippen LogP contribution in [-0.2, 0) is 6.42 Å². The number of nitrogens with one attached hydrogen (secondary N) is 1. The van der Waals surface area contributed by atoms with Crippen molar-refractivity contribution in [3.63, 3.8) is 0 Å². The summed E-state index contributed by atoms with van der Waals surface area (Å²) >= 11 is 0. The Hall–Kier alpha value is -2.47. The molecule has 2 aromatic rings. The smallest absolute Gasteiger partial charge is 0.251 e. The van der Waals surface area contributed by atoms with E-state index in [0.29, 0.717) is 24.5 Å². The number of hydrogen-bond donors (Lipinski definition) is 2. The molecule has 1 saturated heterocycles. The van der Waals surface area contributed by atoms with Crippen molar-refractivity contribution >= 4 is 11.9 Å². The topological polar surface area (TPSA) is 78.4 Å². The molecule has 144 valence electrons. The second-order valence-corrected chi connectivity index (χ2v) is 7.82. The fourth-order valence-electron chi connectivity index (χ4n) is 3.32. The van der Waals surface area contributed by atoms with Crippen LogP contribution in [0.1, 0.15) is 49.0 Å². The van der Waals surface area contributed by atoms with Crippen LogP contribution in [0.4, 0.5) is 5.95 Å². The maximum Gasteiger partial charge on any atom is 0.251 e. The summed E-state index contributed by atoms with van der Waals surface area (Å²) in [4.78, 5) is 23.4. The van der Waals surface area contributed by atoms with Crippen LogP contribution < -0.4 is 10.2 Å². The predicted octanol–water partition coefficient (Wildman–Crippen LogP) is 2.58. The van der Waals surface area contributed by atoms with Gasteiger partial charge in [0, 0.05) is 37.1 Å². The van der Waals surface area contributed by atoms with Crippen LogP contribution in [0.3, 0.4) is 0 Å². The monoisotopic (exact) mass is 368 g/mol. The molecule has 1 aromatic carbocycles. The van der Waals surface area contributed by atoms with Gasteiger partial charge >= 0.3 is 0 Å². The maximum absolute atomic E-state index is 12.7. The van der Waals surface area contributed by atoms with Crippen LogP contribution >= 0.6 is 0 Å². The van der Waals surface area contributed by atoms with Crippen molar-refractivity contribution in [1.82, 2.24) is 15.3 Å². The highest BCUT2D eigenvalue weighted by molar-refractivity contribution is 5.94. The molecule has 1 aliphatic rings. The number of nitrogens with zero attached hydrogens (tertiary/aromatic N) is 3. The molecule has 0 radical (unpaired) electrons. The summed E-state index contributed by atoms with van der Waals surface area (Å²) in [5, 5.41) is 13.0. The fraction of sp³-hybridized carbons (Fsp3) is 0.476. The summed E-state index contributed by atoms with van der Waals surface area (Å²) in [5.74, 6) is 0.658. The average Bonchev–Trinajstić information content (AvgIpc) is 2.67. The molecule has 0 saturated carbocycles. The molecule has 1 fully saturated rings. The number of hydrogen-bond acceptors (Lipinski definition) is 5. The predicted molar refractivity (Wildman–Crippen MR) is 106 cm³/mol. The minimum atomic E-state index is -0.705. The molecule has 27 heavy (non-hydrogen) atoms. The lowest BCUT2D eigenvalue weighted by Crippen LogP contribution is -2.48. The van der Waals surface area contributed by atoms with Gasteiger partial charge in [0.05, 0.1) is 5.60 Å². The van der Waals surface area contributed by atoms with Crippen LogP contribution in [0.5, 0.6) is 0 Å². The fourth-order valence-corrected chi connectivity index (χ4v) is 3.32. The van der Waals surface area contributed by atoms with Gasteiger partial charge in [0.2, 0.25) is 5.95 Å². The zero-order chi connectivity index (χ0) is 19.3. The van der Waals surface area contributed by atoms with Gasteiger partial charge in [0.25, 0.3) is 5.91 Å². The number of carbonyl (C=O) groups excluding carboxylic acids is 1. The highest BCUT2D eigenvalue weighted by Crippen LogP contribution is 2.17. The van der Waals surface area contributed by atoms with E-state index in [2.05, 4.69) is 20.2 Å². The molecule has 2 N–H and O–H groups in total. The standard InChI is InChI=1S/C21H28N4O2/c1-21(2,27)10-9-16-6-3-7-17(14-16)19(26)24-18-8-4-13-25(15-18)20-22-11-5-12-23-20/h3,5-7,11-12,14,18,27H,4,8-10,13,15H2,1-2H3,(H,24,26)/t18-/m1/s1. The van der Waals surface area contributed by atoms with E-state index in [9.17, 15) is 9.90 Å². The van der Waals surface area contributed by atoms with Crippen molar-refractivity contribution < 1.29 is 9.90 Å². The van der Waals surface area contributed by atoms with Gasteiger partial charge in [-0.3, -0.25) is 4.79 Å². The van der Waals surface area contributed by atoms with Gasteiger partial charge in [-0.1, -0.05) is 12.1 Å². The summed E-state index contributed by atoms with van der Waals surface area (Å²) in [5.41, 5.74) is 1.02. The minimum Gasteiger partial charge on any atom is -0.390 e. The lowest BCUT2D eigenvalue weighted by molar-refractivity contribution is 0.0714. The Morgan fingerprint density at radius 2 is 2.07 bits per heavy atom. The van der Waals surface area contributed by atoms with E-state index in [1.807, 2.05) is 24.3 Å². The molecule has 1 amide bonds. The van der Waals surface area contributed by atoms with Crippen molar-refractivity contribution in [2.45, 2.75) is 51.2 Å². The molecule has 6 nitrogen and oxygen atoms in total. The van der Waals surface area contributed by atoms with Gasteiger partial charge in [0.1, 0.15) is 0 Å². The summed E-state index contributed by atoms with van der Waals surface area (Å²) in [6, 6.07) is 9.54. The van der Waals surface area contributed by atoms with Crippen LogP contribution in [0.25, 0.3) is 0 Å². The molecule has 1 aliphatic heterocycles. The van der Waals surface area contributed by atoms with Crippen molar-refractivity contribution in [2.75, 3.05) is 18.0 Å². The Labute approximate surface area is 160 Å². The number of rotatable bonds is 6. The van der Waals surface area contributed by atoms with Crippen LogP contribution in [0, 0.1) is 0 Å². The van der Waals surface area contributed by atoms with E-state index in [0.717, 1.165) is 31.4 Å². The third-order valence-corrected chi connectivity index (χ3v) is 4.81. The third-order valence-electron chi connectivity index (χ3n) is 4.81. The lowest BCUT2D eigenvalue weighted by Gasteiger charge is -2.33. The lowest BCUT2D eigenvalue weighted by atomic mass is 9.97. The number of aliphatic hydroxyl groups is 1. The summed E-state index contributed by atoms with van der Waals surface area (Å²) < 4.78 is 0. The number of anilines is 1. The van der Waals surface area contributed by atoms with Gasteiger partial charge in [-0.25, -0.2) is 9.97 Å². The van der Waals surface area contributed by atoms with Crippen molar-refractivity contribution in [3.05, 3.63) is 53.9 Å². The molecule has 0 spiro atoms. The Balaban J connectivity index is 1.60. The van der Waals surface area contributed by atoms with E-state index in [1.54, 1.807) is 32.3 Å². The third kappa shape index (κ3) is 5.76. The number of aromatic nitrogens is 2. The van der Waals surface area contributed by atoms with Crippen LogP contribution in [-0.4, -0.2) is 45.7 Å². The average molecular weight is 368 g/mol. The Kier molecular flexibility index (Phi) is 6.06. The zero-order valence-electron chi connectivity index (χ0n) is 16.1. The first-order chi connectivity index (χ1) is 12.9. The molecule has 0 unspecified atom stereocenters. The second kappa shape index (κ2) is 8.48. The molecule has 0 aliphatic carbocycles. The highest BCUT2D eigenvalue weighted by Gasteiger charge is 2.23. The van der Waals surface area contributed by atoms with E-state index in [1.165, 1.54) is 0 Å². The van der Waals surface area contributed by atoms with Gasteiger partial charge < -0.3 is 15.3 Å². The SMILES string of the molecule is CC(C)(O)CCc1cccc(C(=O)N[C@@H]2CCCN(c3ncccn3)C2)c1. The number of benzene rings is 1. The van der Waals surface area contributed by atoms with Gasteiger partial charge in [-0.05, 0) is 63.3 Å². The first-order valence-corrected chi connectivity index (χ1v) is 9.55. The van der Waals surface area contributed by atoms with Gasteiger partial charge in [-0.15, -0.1) is 0 Å². The van der Waals surface area contributed by atoms with E-state index in [-0.39, 0.29) is 11.9 Å². The van der Waals surface area contributed by atoms with E-state index >= 15 is 0 Å². The quantitative estimate of drug-likeness (QED) is 0.819. The van der Waals surface area contributed by atoms with Crippen LogP contribution in [0.2, 0.25) is 0 Å². The molecule has 6 heteroatoms. The first-order valence-electron chi connectivity index (χ1n) is 9.55. The van der Waals surface area contributed by atoms with Gasteiger partial charge in [0.15, 0.2) is 0 Å². The maximum atomic E-state index is 12.7. The molecular weight excluding hydrogens is 340 g/mol. The first kappa shape index (κ1) is 19.3. The molecular formula is C21H28N4O2. The van der Waals surface area contributed by atoms with E-state index < -0.39 is 5.60 Å². The minimum absolute atomic E-state index is 0.0547. The van der Waals surface area contributed by atoms with Crippen molar-refractivity contribution in [1.29, 1.82) is 0 Å². The summed E-state index contributed by atoms with van der Waals surface area (Å²) in [6.45, 7) is 5.22.